The summed E-state index contributed by atoms with van der Waals surface area (Å²) >= 11 is 6.30. The van der Waals surface area contributed by atoms with Crippen molar-refractivity contribution in [2.75, 3.05) is 0 Å². The van der Waals surface area contributed by atoms with Gasteiger partial charge in [0.25, 0.3) is 5.78 Å². The number of benzene rings is 1. The largest absolute Gasteiger partial charge is 0.475 e. The molecule has 0 atom stereocenters. The first-order chi connectivity index (χ1) is 6.02. The van der Waals surface area contributed by atoms with Gasteiger partial charge < -0.3 is 5.11 Å². The zero-order valence-corrected chi connectivity index (χ0v) is 9.42. The molecule has 0 fully saturated rings. The highest BCUT2D eigenvalue weighted by Crippen LogP contribution is 2.22. The van der Waals surface area contributed by atoms with E-state index in [9.17, 15) is 9.59 Å². The van der Waals surface area contributed by atoms with Gasteiger partial charge in [-0.1, -0.05) is 15.9 Å². The smallest absolute Gasteiger partial charge is 0.377 e. The number of carbonyl (C=O) groups is 2. The van der Waals surface area contributed by atoms with Gasteiger partial charge in [0, 0.05) is 14.5 Å². The number of rotatable bonds is 2. The molecule has 0 aromatic heterocycles. The van der Waals surface area contributed by atoms with Gasteiger partial charge in [0.1, 0.15) is 0 Å². The lowest BCUT2D eigenvalue weighted by atomic mass is 10.1. The normalized spacial score (nSPS) is 9.69. The second kappa shape index (κ2) is 4.02. The van der Waals surface area contributed by atoms with Crippen molar-refractivity contribution >= 4 is 43.6 Å². The SMILES string of the molecule is O=C(O)C(=O)c1ccc(Br)cc1Br. The molecule has 0 unspecified atom stereocenters. The fourth-order valence-electron chi connectivity index (χ4n) is 0.789. The van der Waals surface area contributed by atoms with Crippen LogP contribution in [0.1, 0.15) is 10.4 Å². The van der Waals surface area contributed by atoms with E-state index in [1.54, 1.807) is 12.1 Å². The molecule has 5 heteroatoms. The number of Topliss-reactive ketones (excluding diaryl/α,β-unsaturated/α-hetero) is 1. The highest BCUT2D eigenvalue weighted by Gasteiger charge is 2.17. The number of ketones is 1. The average molecular weight is 308 g/mol. The number of halogens is 2. The van der Waals surface area contributed by atoms with Crippen molar-refractivity contribution in [3.05, 3.63) is 32.7 Å². The Morgan fingerprint density at radius 3 is 2.31 bits per heavy atom. The second-order valence-electron chi connectivity index (χ2n) is 2.26. The summed E-state index contributed by atoms with van der Waals surface area (Å²) in [6, 6.07) is 4.68. The molecule has 0 aliphatic carbocycles. The van der Waals surface area contributed by atoms with Crippen LogP contribution in [0.5, 0.6) is 0 Å². The van der Waals surface area contributed by atoms with E-state index in [0.717, 1.165) is 4.47 Å². The molecule has 0 saturated heterocycles. The molecule has 1 N–H and O–H groups in total. The highest BCUT2D eigenvalue weighted by atomic mass is 79.9. The maximum absolute atomic E-state index is 11.0. The average Bonchev–Trinajstić information content (AvgIpc) is 2.03. The fourth-order valence-corrected chi connectivity index (χ4v) is 2.02. The van der Waals surface area contributed by atoms with Crippen LogP contribution in [0.4, 0.5) is 0 Å². The van der Waals surface area contributed by atoms with Crippen molar-refractivity contribution in [3.63, 3.8) is 0 Å². The van der Waals surface area contributed by atoms with E-state index in [-0.39, 0.29) is 5.56 Å². The van der Waals surface area contributed by atoms with Crippen molar-refractivity contribution in [1.82, 2.24) is 0 Å². The van der Waals surface area contributed by atoms with Gasteiger partial charge in [0.2, 0.25) is 0 Å². The van der Waals surface area contributed by atoms with Crippen LogP contribution in [0.2, 0.25) is 0 Å². The molecule has 1 aromatic rings. The standard InChI is InChI=1S/C8H4Br2O3/c9-4-1-2-5(6(10)3-4)7(11)8(12)13/h1-3H,(H,12,13). The predicted molar refractivity (Wildman–Crippen MR) is 53.8 cm³/mol. The lowest BCUT2D eigenvalue weighted by Crippen LogP contribution is -2.13. The van der Waals surface area contributed by atoms with Crippen molar-refractivity contribution in [1.29, 1.82) is 0 Å². The topological polar surface area (TPSA) is 54.4 Å². The van der Waals surface area contributed by atoms with Gasteiger partial charge in [-0.25, -0.2) is 4.79 Å². The molecule has 13 heavy (non-hydrogen) atoms. The lowest BCUT2D eigenvalue weighted by molar-refractivity contribution is -0.131. The predicted octanol–water partition coefficient (Wildman–Crippen LogP) is 2.48. The molecule has 1 aromatic carbocycles. The minimum atomic E-state index is -1.46. The van der Waals surface area contributed by atoms with Crippen molar-refractivity contribution in [3.8, 4) is 0 Å². The summed E-state index contributed by atoms with van der Waals surface area (Å²) in [5.74, 6) is -2.37. The maximum atomic E-state index is 11.0. The second-order valence-corrected chi connectivity index (χ2v) is 4.03. The number of hydrogen-bond donors (Lipinski definition) is 1. The summed E-state index contributed by atoms with van der Waals surface area (Å²) in [5.41, 5.74) is 0.149. The fraction of sp³-hybridized carbons (Fsp3) is 0. The number of carboxylic acids is 1. The summed E-state index contributed by atoms with van der Waals surface area (Å²) in [5, 5.41) is 8.45. The first kappa shape index (κ1) is 10.4. The molecule has 0 radical (unpaired) electrons. The quantitative estimate of drug-likeness (QED) is 0.674. The molecule has 0 amide bonds. The molecule has 0 spiro atoms. The third kappa shape index (κ3) is 2.38. The first-order valence-corrected chi connectivity index (χ1v) is 4.83. The van der Waals surface area contributed by atoms with E-state index in [1.807, 2.05) is 0 Å². The van der Waals surface area contributed by atoms with Crippen LogP contribution >= 0.6 is 31.9 Å². The zero-order chi connectivity index (χ0) is 10.0. The third-order valence-corrected chi connectivity index (χ3v) is 2.52. The lowest BCUT2D eigenvalue weighted by Gasteiger charge is -1.99. The van der Waals surface area contributed by atoms with Crippen LogP contribution in [0.25, 0.3) is 0 Å². The van der Waals surface area contributed by atoms with Gasteiger partial charge in [-0.3, -0.25) is 4.79 Å². The Balaban J connectivity index is 3.16. The van der Waals surface area contributed by atoms with Gasteiger partial charge >= 0.3 is 5.97 Å². The molecule has 0 heterocycles. The van der Waals surface area contributed by atoms with Crippen LogP contribution in [-0.2, 0) is 4.79 Å². The Morgan fingerprint density at radius 2 is 1.85 bits per heavy atom. The van der Waals surface area contributed by atoms with Crippen LogP contribution in [-0.4, -0.2) is 16.9 Å². The van der Waals surface area contributed by atoms with Crippen molar-refractivity contribution < 1.29 is 14.7 Å². The summed E-state index contributed by atoms with van der Waals surface area (Å²) in [6.07, 6.45) is 0. The molecule has 0 bridgehead atoms. The highest BCUT2D eigenvalue weighted by molar-refractivity contribution is 9.11. The Labute approximate surface area is 91.0 Å². The molecule has 1 rings (SSSR count). The van der Waals surface area contributed by atoms with Crippen LogP contribution < -0.4 is 0 Å². The first-order valence-electron chi connectivity index (χ1n) is 3.25. The van der Waals surface area contributed by atoms with Crippen molar-refractivity contribution in [2.24, 2.45) is 0 Å². The van der Waals surface area contributed by atoms with Crippen LogP contribution in [0.3, 0.4) is 0 Å². The molecule has 3 nitrogen and oxygen atoms in total. The summed E-state index contributed by atoms with van der Waals surface area (Å²) in [4.78, 5) is 21.4. The van der Waals surface area contributed by atoms with Gasteiger partial charge in [0.05, 0.1) is 0 Å². The summed E-state index contributed by atoms with van der Waals surface area (Å²) in [7, 11) is 0. The Bertz CT molecular complexity index is 374. The monoisotopic (exact) mass is 306 g/mol. The van der Waals surface area contributed by atoms with Gasteiger partial charge in [-0.05, 0) is 34.1 Å². The molecule has 68 valence electrons. The molecule has 0 aliphatic rings. The Hall–Kier alpha value is -0.680. The number of carbonyl (C=O) groups excluding carboxylic acids is 1. The van der Waals surface area contributed by atoms with Gasteiger partial charge in [-0.15, -0.1) is 0 Å². The van der Waals surface area contributed by atoms with Crippen LogP contribution in [0, 0.1) is 0 Å². The Morgan fingerprint density at radius 1 is 1.23 bits per heavy atom. The Kier molecular flexibility index (Phi) is 3.22. The van der Waals surface area contributed by atoms with E-state index in [2.05, 4.69) is 31.9 Å². The van der Waals surface area contributed by atoms with E-state index < -0.39 is 11.8 Å². The molecular formula is C8H4Br2O3. The molecular weight excluding hydrogens is 304 g/mol. The van der Waals surface area contributed by atoms with E-state index in [4.69, 9.17) is 5.11 Å². The molecule has 0 aliphatic heterocycles. The number of hydrogen-bond acceptors (Lipinski definition) is 2. The zero-order valence-electron chi connectivity index (χ0n) is 6.25. The van der Waals surface area contributed by atoms with Crippen LogP contribution in [0.15, 0.2) is 27.1 Å². The maximum Gasteiger partial charge on any atom is 0.377 e. The minimum Gasteiger partial charge on any atom is -0.475 e. The van der Waals surface area contributed by atoms with Gasteiger partial charge in [0.15, 0.2) is 0 Å². The molecule has 0 saturated carbocycles. The minimum absolute atomic E-state index is 0.149. The number of carboxylic acid groups (broad SMARTS) is 1. The van der Waals surface area contributed by atoms with Gasteiger partial charge in [-0.2, -0.15) is 0 Å². The summed E-state index contributed by atoms with van der Waals surface area (Å²) < 4.78 is 1.25. The van der Waals surface area contributed by atoms with Crippen molar-refractivity contribution in [2.45, 2.75) is 0 Å². The third-order valence-electron chi connectivity index (χ3n) is 1.37. The summed E-state index contributed by atoms with van der Waals surface area (Å²) in [6.45, 7) is 0. The van der Waals surface area contributed by atoms with E-state index in [1.165, 1.54) is 6.07 Å². The van der Waals surface area contributed by atoms with E-state index in [0.29, 0.717) is 4.47 Å². The number of aliphatic carboxylic acids is 1. The van der Waals surface area contributed by atoms with E-state index >= 15 is 0 Å².